The summed E-state index contributed by atoms with van der Waals surface area (Å²) < 4.78 is 28.1. The zero-order chi connectivity index (χ0) is 26.3. The van der Waals surface area contributed by atoms with Crippen LogP contribution in [0.3, 0.4) is 0 Å². The highest BCUT2D eigenvalue weighted by Crippen LogP contribution is 2.24. The number of hydrogen-bond donors (Lipinski definition) is 2. The predicted molar refractivity (Wildman–Crippen MR) is 145 cm³/mol. The fourth-order valence-electron chi connectivity index (χ4n) is 3.73. The van der Waals surface area contributed by atoms with Crippen LogP contribution in [0, 0.1) is 6.92 Å². The summed E-state index contributed by atoms with van der Waals surface area (Å²) in [4.78, 5) is 26.1. The fraction of sp³-hybridized carbons (Fsp3) is 0.103. The van der Waals surface area contributed by atoms with Gasteiger partial charge in [0.1, 0.15) is 6.54 Å². The Labute approximate surface area is 216 Å². The molecule has 0 saturated carbocycles. The van der Waals surface area contributed by atoms with Gasteiger partial charge in [-0.1, -0.05) is 78.4 Å². The molecule has 0 unspecified atom stereocenters. The summed E-state index contributed by atoms with van der Waals surface area (Å²) in [5.74, 6) is -0.935. The molecule has 4 aromatic rings. The standard InChI is InChI=1S/C29H27N3O4S/c1-22-16-18-25(19-17-22)37(35,36)32(24-12-6-3-7-13-24)21-28(33)31-27-15-9-8-14-26(27)29(34)30-20-23-10-4-2-5-11-23/h2-19H,20-21H2,1H3,(H,30,34)(H,31,33). The molecule has 0 bridgehead atoms. The van der Waals surface area contributed by atoms with Crippen LogP contribution >= 0.6 is 0 Å². The molecule has 4 rings (SSSR count). The number of carbonyl (C=O) groups is 2. The molecule has 2 N–H and O–H groups in total. The van der Waals surface area contributed by atoms with Gasteiger partial charge in [-0.15, -0.1) is 0 Å². The van der Waals surface area contributed by atoms with Gasteiger partial charge in [-0.25, -0.2) is 8.42 Å². The van der Waals surface area contributed by atoms with Crippen LogP contribution in [0.2, 0.25) is 0 Å². The van der Waals surface area contributed by atoms with Gasteiger partial charge >= 0.3 is 0 Å². The second kappa shape index (κ2) is 11.5. The summed E-state index contributed by atoms with van der Waals surface area (Å²) >= 11 is 0. The molecule has 7 nitrogen and oxygen atoms in total. The van der Waals surface area contributed by atoms with Crippen LogP contribution < -0.4 is 14.9 Å². The second-order valence-corrected chi connectivity index (χ2v) is 10.3. The lowest BCUT2D eigenvalue weighted by Gasteiger charge is -2.24. The number of carbonyl (C=O) groups excluding carboxylic acids is 2. The summed E-state index contributed by atoms with van der Waals surface area (Å²) in [6, 6.07) is 31.0. The third-order valence-electron chi connectivity index (χ3n) is 5.68. The summed E-state index contributed by atoms with van der Waals surface area (Å²) in [7, 11) is -4.03. The first-order valence-electron chi connectivity index (χ1n) is 11.7. The highest BCUT2D eigenvalue weighted by molar-refractivity contribution is 7.92. The van der Waals surface area contributed by atoms with E-state index in [1.807, 2.05) is 37.3 Å². The number of sulfonamides is 1. The van der Waals surface area contributed by atoms with E-state index in [1.54, 1.807) is 66.7 Å². The van der Waals surface area contributed by atoms with E-state index in [0.29, 0.717) is 17.9 Å². The molecule has 0 spiro atoms. The number of para-hydroxylation sites is 2. The maximum Gasteiger partial charge on any atom is 0.264 e. The highest BCUT2D eigenvalue weighted by Gasteiger charge is 2.27. The van der Waals surface area contributed by atoms with Crippen molar-refractivity contribution in [1.29, 1.82) is 0 Å². The SMILES string of the molecule is Cc1ccc(S(=O)(=O)N(CC(=O)Nc2ccccc2C(=O)NCc2ccccc2)c2ccccc2)cc1. The molecule has 0 atom stereocenters. The molecule has 4 aromatic carbocycles. The van der Waals surface area contributed by atoms with Crippen molar-refractivity contribution >= 4 is 33.2 Å². The summed E-state index contributed by atoms with van der Waals surface area (Å²) in [5, 5.41) is 5.57. The zero-order valence-electron chi connectivity index (χ0n) is 20.3. The van der Waals surface area contributed by atoms with E-state index in [2.05, 4.69) is 10.6 Å². The molecular formula is C29H27N3O4S. The van der Waals surface area contributed by atoms with Crippen LogP contribution in [0.1, 0.15) is 21.5 Å². The van der Waals surface area contributed by atoms with Crippen molar-refractivity contribution in [3.05, 3.63) is 126 Å². The Hall–Kier alpha value is -4.43. The van der Waals surface area contributed by atoms with Crippen molar-refractivity contribution in [2.45, 2.75) is 18.4 Å². The monoisotopic (exact) mass is 513 g/mol. The first-order valence-corrected chi connectivity index (χ1v) is 13.1. The molecule has 0 heterocycles. The van der Waals surface area contributed by atoms with Gasteiger partial charge in [0, 0.05) is 6.54 Å². The average Bonchev–Trinajstić information content (AvgIpc) is 2.92. The van der Waals surface area contributed by atoms with Crippen LogP contribution in [0.25, 0.3) is 0 Å². The number of nitrogens with one attached hydrogen (secondary N) is 2. The van der Waals surface area contributed by atoms with Crippen LogP contribution in [-0.2, 0) is 21.4 Å². The van der Waals surface area contributed by atoms with E-state index in [0.717, 1.165) is 15.4 Å². The molecule has 0 radical (unpaired) electrons. The summed E-state index contributed by atoms with van der Waals surface area (Å²) in [5.41, 5.74) is 2.78. The van der Waals surface area contributed by atoms with Crippen molar-refractivity contribution in [1.82, 2.24) is 5.32 Å². The Bertz CT molecular complexity index is 1470. The average molecular weight is 514 g/mol. The van der Waals surface area contributed by atoms with Gasteiger partial charge in [-0.3, -0.25) is 13.9 Å². The molecule has 0 fully saturated rings. The molecular weight excluding hydrogens is 486 g/mol. The zero-order valence-corrected chi connectivity index (χ0v) is 21.1. The molecule has 0 aliphatic carbocycles. The molecule has 2 amide bonds. The first kappa shape index (κ1) is 25.7. The largest absolute Gasteiger partial charge is 0.348 e. The van der Waals surface area contributed by atoms with E-state index in [-0.39, 0.29) is 16.4 Å². The Kier molecular flexibility index (Phi) is 8.00. The van der Waals surface area contributed by atoms with Crippen molar-refractivity contribution in [3.8, 4) is 0 Å². The predicted octanol–water partition coefficient (Wildman–Crippen LogP) is 4.76. The minimum absolute atomic E-state index is 0.0791. The lowest BCUT2D eigenvalue weighted by Crippen LogP contribution is -2.38. The third kappa shape index (κ3) is 6.42. The second-order valence-electron chi connectivity index (χ2n) is 8.42. The number of rotatable bonds is 9. The summed E-state index contributed by atoms with van der Waals surface area (Å²) in [6.07, 6.45) is 0. The molecule has 188 valence electrons. The molecule has 0 aliphatic rings. The lowest BCUT2D eigenvalue weighted by molar-refractivity contribution is -0.114. The quantitative estimate of drug-likeness (QED) is 0.337. The van der Waals surface area contributed by atoms with E-state index in [1.165, 1.54) is 12.1 Å². The van der Waals surface area contributed by atoms with Gasteiger partial charge in [0.05, 0.1) is 21.8 Å². The topological polar surface area (TPSA) is 95.6 Å². The van der Waals surface area contributed by atoms with E-state index < -0.39 is 22.5 Å². The first-order chi connectivity index (χ1) is 17.8. The maximum absolute atomic E-state index is 13.5. The van der Waals surface area contributed by atoms with Gasteiger partial charge in [0.15, 0.2) is 0 Å². The van der Waals surface area contributed by atoms with Gasteiger partial charge in [-0.2, -0.15) is 0 Å². The smallest absolute Gasteiger partial charge is 0.264 e. The fourth-order valence-corrected chi connectivity index (χ4v) is 5.15. The van der Waals surface area contributed by atoms with Crippen molar-refractivity contribution in [2.24, 2.45) is 0 Å². The van der Waals surface area contributed by atoms with E-state index >= 15 is 0 Å². The lowest BCUT2D eigenvalue weighted by atomic mass is 10.1. The Morgan fingerprint density at radius 2 is 1.35 bits per heavy atom. The molecule has 0 saturated heterocycles. The molecule has 0 aromatic heterocycles. The molecule has 37 heavy (non-hydrogen) atoms. The molecule has 8 heteroatoms. The van der Waals surface area contributed by atoms with E-state index in [9.17, 15) is 18.0 Å². The maximum atomic E-state index is 13.5. The Balaban J connectivity index is 1.54. The highest BCUT2D eigenvalue weighted by atomic mass is 32.2. The Morgan fingerprint density at radius 1 is 0.757 bits per heavy atom. The number of nitrogens with zero attached hydrogens (tertiary/aromatic N) is 1. The number of amides is 2. The van der Waals surface area contributed by atoms with Crippen LogP contribution in [0.15, 0.2) is 114 Å². The van der Waals surface area contributed by atoms with Crippen LogP contribution in [0.5, 0.6) is 0 Å². The number of hydrogen-bond acceptors (Lipinski definition) is 4. The van der Waals surface area contributed by atoms with Gasteiger partial charge < -0.3 is 10.6 Å². The van der Waals surface area contributed by atoms with E-state index in [4.69, 9.17) is 0 Å². The van der Waals surface area contributed by atoms with Crippen LogP contribution in [-0.4, -0.2) is 26.8 Å². The van der Waals surface area contributed by atoms with Gasteiger partial charge in [-0.05, 0) is 48.9 Å². The normalized spacial score (nSPS) is 10.9. The third-order valence-corrected chi connectivity index (χ3v) is 7.47. The number of aryl methyl sites for hydroxylation is 1. The van der Waals surface area contributed by atoms with Gasteiger partial charge in [0.2, 0.25) is 5.91 Å². The van der Waals surface area contributed by atoms with Crippen molar-refractivity contribution < 1.29 is 18.0 Å². The van der Waals surface area contributed by atoms with Crippen molar-refractivity contribution in [2.75, 3.05) is 16.2 Å². The number of anilines is 2. The Morgan fingerprint density at radius 3 is 2.03 bits per heavy atom. The minimum atomic E-state index is -4.03. The van der Waals surface area contributed by atoms with Crippen LogP contribution in [0.4, 0.5) is 11.4 Å². The van der Waals surface area contributed by atoms with Gasteiger partial charge in [0.25, 0.3) is 15.9 Å². The minimum Gasteiger partial charge on any atom is -0.348 e. The van der Waals surface area contributed by atoms with Crippen molar-refractivity contribution in [3.63, 3.8) is 0 Å². The molecule has 0 aliphatic heterocycles. The summed E-state index contributed by atoms with van der Waals surface area (Å²) in [6.45, 7) is 1.73. The number of benzene rings is 4.